The molecule has 9 heteroatoms. The standard InChI is InChI=1S/C22H39N3O5S/c1-5-30-22(27)24-14-15(3)25(16(4)26)20-12-9-18(13-21(20)24)17-7-10-19(11-8-17)23-31(28,29)6-2/h15,17-21,23H,5-14H2,1-4H3/t15-,17?,18?,19?,20?,21?/m0/s1. The van der Waals surface area contributed by atoms with Crippen LogP contribution in [0.15, 0.2) is 0 Å². The predicted octanol–water partition coefficient (Wildman–Crippen LogP) is 2.73. The van der Waals surface area contributed by atoms with Crippen molar-refractivity contribution in [1.82, 2.24) is 14.5 Å². The van der Waals surface area contributed by atoms with Gasteiger partial charge in [0.25, 0.3) is 0 Å². The number of amides is 2. The second-order valence-electron chi connectivity index (χ2n) is 9.47. The van der Waals surface area contributed by atoms with Gasteiger partial charge in [0.2, 0.25) is 15.9 Å². The van der Waals surface area contributed by atoms with E-state index in [9.17, 15) is 18.0 Å². The van der Waals surface area contributed by atoms with Crippen molar-refractivity contribution in [2.45, 2.75) is 96.8 Å². The number of nitrogens with one attached hydrogen (secondary N) is 1. The number of hydrogen-bond acceptors (Lipinski definition) is 5. The van der Waals surface area contributed by atoms with Crippen molar-refractivity contribution in [2.24, 2.45) is 11.8 Å². The van der Waals surface area contributed by atoms with E-state index in [1.54, 1.807) is 13.8 Å². The summed E-state index contributed by atoms with van der Waals surface area (Å²) in [5, 5.41) is 0. The van der Waals surface area contributed by atoms with Gasteiger partial charge in [-0.1, -0.05) is 0 Å². The summed E-state index contributed by atoms with van der Waals surface area (Å²) in [5.74, 6) is 1.22. The first-order valence-electron chi connectivity index (χ1n) is 11.9. The maximum atomic E-state index is 12.7. The molecule has 3 aliphatic rings. The van der Waals surface area contributed by atoms with Gasteiger partial charge in [-0.3, -0.25) is 4.79 Å². The van der Waals surface area contributed by atoms with Crippen LogP contribution in [0.1, 0.15) is 72.6 Å². The quantitative estimate of drug-likeness (QED) is 0.685. The summed E-state index contributed by atoms with van der Waals surface area (Å²) >= 11 is 0. The van der Waals surface area contributed by atoms with Gasteiger partial charge in [0.1, 0.15) is 0 Å². The zero-order chi connectivity index (χ0) is 22.8. The summed E-state index contributed by atoms with van der Waals surface area (Å²) in [5.41, 5.74) is 0. The van der Waals surface area contributed by atoms with Crippen molar-refractivity contribution >= 4 is 22.0 Å². The van der Waals surface area contributed by atoms with E-state index in [-0.39, 0.29) is 41.9 Å². The number of hydrogen-bond donors (Lipinski definition) is 1. The number of nitrogens with zero attached hydrogens (tertiary/aromatic N) is 2. The molecule has 1 saturated heterocycles. The third kappa shape index (κ3) is 5.53. The van der Waals surface area contributed by atoms with E-state index in [1.807, 2.05) is 23.6 Å². The largest absolute Gasteiger partial charge is 0.450 e. The molecular weight excluding hydrogens is 418 g/mol. The van der Waals surface area contributed by atoms with Crippen molar-refractivity contribution in [3.8, 4) is 0 Å². The van der Waals surface area contributed by atoms with Gasteiger partial charge in [-0.15, -0.1) is 0 Å². The van der Waals surface area contributed by atoms with Crippen LogP contribution in [0.3, 0.4) is 0 Å². The molecule has 178 valence electrons. The highest BCUT2D eigenvalue weighted by molar-refractivity contribution is 7.89. The van der Waals surface area contributed by atoms with Crippen molar-refractivity contribution < 1.29 is 22.7 Å². The Morgan fingerprint density at radius 2 is 1.65 bits per heavy atom. The fourth-order valence-corrected chi connectivity index (χ4v) is 7.00. The third-order valence-electron chi connectivity index (χ3n) is 7.55. The molecule has 2 aliphatic carbocycles. The number of piperazine rings is 1. The van der Waals surface area contributed by atoms with E-state index in [2.05, 4.69) is 4.72 Å². The van der Waals surface area contributed by atoms with Crippen LogP contribution in [0.4, 0.5) is 4.79 Å². The SMILES string of the molecule is CCOC(=O)N1C[C@H](C)N(C(C)=O)C2CCC(C3CCC(NS(=O)(=O)CC)CC3)CC21. The molecule has 0 spiro atoms. The van der Waals surface area contributed by atoms with E-state index in [0.29, 0.717) is 25.0 Å². The molecule has 1 N–H and O–H groups in total. The molecule has 2 amide bonds. The summed E-state index contributed by atoms with van der Waals surface area (Å²) in [4.78, 5) is 28.9. The lowest BCUT2D eigenvalue weighted by Gasteiger charge is -2.54. The number of carbonyl (C=O) groups excluding carboxylic acids is 2. The molecule has 3 fully saturated rings. The Morgan fingerprint density at radius 1 is 1.00 bits per heavy atom. The van der Waals surface area contributed by atoms with Gasteiger partial charge in [0.05, 0.1) is 24.4 Å². The fraction of sp³-hybridized carbons (Fsp3) is 0.909. The first kappa shape index (κ1) is 24.3. The van der Waals surface area contributed by atoms with Gasteiger partial charge in [-0.2, -0.15) is 0 Å². The predicted molar refractivity (Wildman–Crippen MR) is 119 cm³/mol. The van der Waals surface area contributed by atoms with E-state index >= 15 is 0 Å². The number of fused-ring (bicyclic) bond motifs is 1. The first-order valence-corrected chi connectivity index (χ1v) is 13.5. The normalized spacial score (nSPS) is 34.2. The van der Waals surface area contributed by atoms with Crippen molar-refractivity contribution in [2.75, 3.05) is 18.9 Å². The van der Waals surface area contributed by atoms with Crippen molar-refractivity contribution in [3.63, 3.8) is 0 Å². The van der Waals surface area contributed by atoms with Crippen LogP contribution in [0.2, 0.25) is 0 Å². The Hall–Kier alpha value is -1.35. The lowest BCUT2D eigenvalue weighted by Crippen LogP contribution is -2.67. The summed E-state index contributed by atoms with van der Waals surface area (Å²) in [6.07, 6.45) is 6.30. The fourth-order valence-electron chi connectivity index (χ4n) is 6.09. The highest BCUT2D eigenvalue weighted by Gasteiger charge is 2.48. The van der Waals surface area contributed by atoms with Crippen molar-refractivity contribution in [1.29, 1.82) is 0 Å². The lowest BCUT2D eigenvalue weighted by atomic mass is 9.69. The molecule has 0 aromatic carbocycles. The lowest BCUT2D eigenvalue weighted by molar-refractivity contribution is -0.142. The average Bonchev–Trinajstić information content (AvgIpc) is 2.73. The monoisotopic (exact) mass is 457 g/mol. The molecule has 3 rings (SSSR count). The van der Waals surface area contributed by atoms with Gasteiger partial charge in [-0.05, 0) is 77.6 Å². The molecule has 0 aromatic rings. The van der Waals surface area contributed by atoms with Crippen LogP contribution in [0.25, 0.3) is 0 Å². The van der Waals surface area contributed by atoms with Crippen LogP contribution in [-0.4, -0.2) is 73.3 Å². The number of sulfonamides is 1. The minimum Gasteiger partial charge on any atom is -0.450 e. The Kier molecular flexibility index (Phi) is 7.89. The first-order chi connectivity index (χ1) is 14.7. The second-order valence-corrected chi connectivity index (χ2v) is 11.5. The summed E-state index contributed by atoms with van der Waals surface area (Å²) in [6.45, 7) is 7.97. The number of rotatable bonds is 5. The molecule has 4 atom stereocenters. The minimum absolute atomic E-state index is 0.00535. The molecule has 0 bridgehead atoms. The van der Waals surface area contributed by atoms with Gasteiger partial charge in [0.15, 0.2) is 0 Å². The summed E-state index contributed by atoms with van der Waals surface area (Å²) in [6, 6.07) is 0.0721. The van der Waals surface area contributed by atoms with E-state index < -0.39 is 10.0 Å². The van der Waals surface area contributed by atoms with Crippen LogP contribution >= 0.6 is 0 Å². The molecule has 0 aromatic heterocycles. The average molecular weight is 458 g/mol. The molecule has 1 aliphatic heterocycles. The van der Waals surface area contributed by atoms with E-state index in [4.69, 9.17) is 4.74 Å². The summed E-state index contributed by atoms with van der Waals surface area (Å²) < 4.78 is 31.9. The van der Waals surface area contributed by atoms with Crippen LogP contribution in [0, 0.1) is 11.8 Å². The highest BCUT2D eigenvalue weighted by Crippen LogP contribution is 2.43. The third-order valence-corrected chi connectivity index (χ3v) is 9.00. The maximum absolute atomic E-state index is 12.7. The zero-order valence-electron chi connectivity index (χ0n) is 19.4. The highest BCUT2D eigenvalue weighted by atomic mass is 32.2. The molecule has 31 heavy (non-hydrogen) atoms. The maximum Gasteiger partial charge on any atom is 0.410 e. The van der Waals surface area contributed by atoms with Gasteiger partial charge in [0, 0.05) is 25.6 Å². The minimum atomic E-state index is -3.16. The molecule has 0 radical (unpaired) electrons. The smallest absolute Gasteiger partial charge is 0.410 e. The Bertz CT molecular complexity index is 750. The number of ether oxygens (including phenoxy) is 1. The van der Waals surface area contributed by atoms with Crippen LogP contribution in [-0.2, 0) is 19.6 Å². The Labute approximate surface area is 187 Å². The van der Waals surface area contributed by atoms with Crippen LogP contribution in [0.5, 0.6) is 0 Å². The van der Waals surface area contributed by atoms with Gasteiger partial charge in [-0.25, -0.2) is 17.9 Å². The summed E-state index contributed by atoms with van der Waals surface area (Å²) in [7, 11) is -3.16. The van der Waals surface area contributed by atoms with Gasteiger partial charge < -0.3 is 14.5 Å². The second kappa shape index (κ2) is 10.1. The molecule has 2 saturated carbocycles. The topological polar surface area (TPSA) is 96.0 Å². The van der Waals surface area contributed by atoms with Crippen LogP contribution < -0.4 is 4.72 Å². The van der Waals surface area contributed by atoms with Gasteiger partial charge >= 0.3 is 6.09 Å². The van der Waals surface area contributed by atoms with E-state index in [1.165, 1.54) is 0 Å². The number of carbonyl (C=O) groups is 2. The molecule has 1 heterocycles. The molecular formula is C22H39N3O5S. The van der Waals surface area contributed by atoms with E-state index in [0.717, 1.165) is 44.9 Å². The Morgan fingerprint density at radius 3 is 2.23 bits per heavy atom. The Balaban J connectivity index is 1.67. The molecule has 8 nitrogen and oxygen atoms in total. The molecule has 3 unspecified atom stereocenters. The van der Waals surface area contributed by atoms with Crippen molar-refractivity contribution in [3.05, 3.63) is 0 Å². The zero-order valence-corrected chi connectivity index (χ0v) is 20.2.